The van der Waals surface area contributed by atoms with Crippen molar-refractivity contribution in [3.8, 4) is 0 Å². The average molecular weight is 261 g/mol. The molecule has 0 saturated carbocycles. The summed E-state index contributed by atoms with van der Waals surface area (Å²) in [6.45, 7) is 1.77. The van der Waals surface area contributed by atoms with E-state index in [1.54, 1.807) is 6.92 Å². The second-order valence-corrected chi connectivity index (χ2v) is 3.58. The van der Waals surface area contributed by atoms with E-state index in [9.17, 15) is 23.1 Å². The Hall–Kier alpha value is -1.57. The number of alkyl halides is 3. The predicted octanol–water partition coefficient (Wildman–Crippen LogP) is 2.86. The minimum atomic E-state index is -4.77. The molecular weight excluding hydrogens is 250 g/mol. The van der Waals surface area contributed by atoms with Gasteiger partial charge in [-0.2, -0.15) is 4.91 Å². The molecule has 1 rings (SSSR count). The van der Waals surface area contributed by atoms with Crippen molar-refractivity contribution in [3.63, 3.8) is 0 Å². The van der Waals surface area contributed by atoms with Gasteiger partial charge in [-0.3, -0.25) is 0 Å². The van der Waals surface area contributed by atoms with E-state index in [0.717, 1.165) is 6.08 Å². The SMILES string of the molecule is CCC1=C(B(O)N=O)C=CC(OC(F)(F)F)=CC1. The Kier molecular flexibility index (Phi) is 4.72. The molecule has 0 radical (unpaired) electrons. The number of hydrogen-bond donors (Lipinski definition) is 1. The first-order valence-electron chi connectivity index (χ1n) is 5.23. The fraction of sp³-hybridized carbons (Fsp3) is 0.400. The quantitative estimate of drug-likeness (QED) is 0.625. The summed E-state index contributed by atoms with van der Waals surface area (Å²) >= 11 is 0. The van der Waals surface area contributed by atoms with Gasteiger partial charge in [-0.1, -0.05) is 23.7 Å². The van der Waals surface area contributed by atoms with Crippen molar-refractivity contribution < 1.29 is 22.9 Å². The average Bonchev–Trinajstić information content (AvgIpc) is 2.48. The molecule has 0 aromatic rings. The van der Waals surface area contributed by atoms with E-state index < -0.39 is 13.4 Å². The van der Waals surface area contributed by atoms with Crippen LogP contribution in [0.5, 0.6) is 0 Å². The molecule has 0 amide bonds. The van der Waals surface area contributed by atoms with Crippen LogP contribution in [0.1, 0.15) is 19.8 Å². The Balaban J connectivity index is 2.94. The molecule has 1 aliphatic carbocycles. The molecule has 0 atom stereocenters. The molecule has 0 bridgehead atoms. The second-order valence-electron chi connectivity index (χ2n) is 3.58. The molecule has 98 valence electrons. The van der Waals surface area contributed by atoms with Crippen molar-refractivity contribution in [2.45, 2.75) is 26.1 Å². The van der Waals surface area contributed by atoms with Crippen LogP contribution in [0.3, 0.4) is 0 Å². The van der Waals surface area contributed by atoms with Crippen molar-refractivity contribution in [2.75, 3.05) is 0 Å². The van der Waals surface area contributed by atoms with Gasteiger partial charge < -0.3 is 9.76 Å². The topological polar surface area (TPSA) is 58.9 Å². The lowest BCUT2D eigenvalue weighted by atomic mass is 9.71. The summed E-state index contributed by atoms with van der Waals surface area (Å²) in [5.41, 5.74) is 0.851. The van der Waals surface area contributed by atoms with E-state index >= 15 is 0 Å². The highest BCUT2D eigenvalue weighted by atomic mass is 19.4. The molecule has 0 fully saturated rings. The van der Waals surface area contributed by atoms with Crippen LogP contribution in [0.15, 0.2) is 40.1 Å². The van der Waals surface area contributed by atoms with Crippen molar-refractivity contribution >= 4 is 7.05 Å². The first-order chi connectivity index (χ1) is 8.37. The summed E-state index contributed by atoms with van der Waals surface area (Å²) in [6.07, 6.45) is -0.601. The molecule has 18 heavy (non-hydrogen) atoms. The zero-order valence-corrected chi connectivity index (χ0v) is 9.57. The maximum atomic E-state index is 12.0. The number of nitroso groups, excluding NO2 is 1. The molecule has 0 heterocycles. The van der Waals surface area contributed by atoms with E-state index in [2.05, 4.69) is 9.82 Å². The lowest BCUT2D eigenvalue weighted by molar-refractivity contribution is -0.303. The summed E-state index contributed by atoms with van der Waals surface area (Å²) in [5, 5.41) is 11.8. The first kappa shape index (κ1) is 14.5. The van der Waals surface area contributed by atoms with E-state index in [1.807, 2.05) is 0 Å². The minimum Gasteiger partial charge on any atom is -0.425 e. The van der Waals surface area contributed by atoms with Crippen LogP contribution in [0.4, 0.5) is 13.2 Å². The van der Waals surface area contributed by atoms with Crippen molar-refractivity contribution in [3.05, 3.63) is 39.9 Å². The lowest BCUT2D eigenvalue weighted by Gasteiger charge is -2.08. The molecular formula is C10H11BF3NO3. The van der Waals surface area contributed by atoms with Gasteiger partial charge in [0.1, 0.15) is 5.76 Å². The lowest BCUT2D eigenvalue weighted by Crippen LogP contribution is -2.13. The fourth-order valence-corrected chi connectivity index (χ4v) is 1.58. The number of allylic oxidation sites excluding steroid dienone is 5. The fourth-order valence-electron chi connectivity index (χ4n) is 1.58. The summed E-state index contributed by atoms with van der Waals surface area (Å²) < 4.78 is 39.9. The van der Waals surface area contributed by atoms with Crippen LogP contribution >= 0.6 is 0 Å². The van der Waals surface area contributed by atoms with E-state index in [4.69, 9.17) is 0 Å². The molecule has 8 heteroatoms. The summed E-state index contributed by atoms with van der Waals surface area (Å²) in [5.74, 6) is -0.374. The van der Waals surface area contributed by atoms with E-state index in [-0.39, 0.29) is 17.7 Å². The largest absolute Gasteiger partial charge is 0.573 e. The zero-order chi connectivity index (χ0) is 13.8. The van der Waals surface area contributed by atoms with Crippen LogP contribution in [0, 0.1) is 4.91 Å². The minimum absolute atomic E-state index is 0.164. The molecule has 0 unspecified atom stereocenters. The predicted molar refractivity (Wildman–Crippen MR) is 60.1 cm³/mol. The van der Waals surface area contributed by atoms with Crippen LogP contribution < -0.4 is 0 Å². The molecule has 1 aliphatic rings. The Morgan fingerprint density at radius 1 is 1.50 bits per heavy atom. The second kappa shape index (κ2) is 5.86. The number of hydrogen-bond acceptors (Lipinski definition) is 4. The molecule has 0 aromatic carbocycles. The standard InChI is InChI=1S/C10H11BF3NO3/c1-2-7-3-4-8(18-10(12,13)14)5-6-9(7)11(16)15-17/h4-6,16H,2-3H2,1H3. The van der Waals surface area contributed by atoms with Gasteiger partial charge in [0.2, 0.25) is 0 Å². The van der Waals surface area contributed by atoms with Crippen LogP contribution in [-0.4, -0.2) is 18.4 Å². The summed E-state index contributed by atoms with van der Waals surface area (Å²) in [7, 11) is -1.57. The third kappa shape index (κ3) is 4.03. The number of halogens is 3. The van der Waals surface area contributed by atoms with E-state index in [0.29, 0.717) is 12.0 Å². The Bertz CT molecular complexity index is 415. The van der Waals surface area contributed by atoms with Gasteiger partial charge in [-0.15, -0.1) is 13.2 Å². The van der Waals surface area contributed by atoms with E-state index in [1.165, 1.54) is 12.2 Å². The van der Waals surface area contributed by atoms with Gasteiger partial charge in [0.05, 0.1) is 0 Å². The van der Waals surface area contributed by atoms with Crippen LogP contribution in [0.25, 0.3) is 0 Å². The molecule has 0 aliphatic heterocycles. The van der Waals surface area contributed by atoms with Gasteiger partial charge in [0, 0.05) is 0 Å². The Morgan fingerprint density at radius 3 is 2.67 bits per heavy atom. The Labute approximate surface area is 102 Å². The highest BCUT2D eigenvalue weighted by molar-refractivity contribution is 6.58. The van der Waals surface area contributed by atoms with Crippen LogP contribution in [0.2, 0.25) is 0 Å². The van der Waals surface area contributed by atoms with Crippen molar-refractivity contribution in [1.82, 2.24) is 0 Å². The third-order valence-electron chi connectivity index (χ3n) is 2.42. The van der Waals surface area contributed by atoms with Crippen molar-refractivity contribution in [2.24, 2.45) is 5.09 Å². The smallest absolute Gasteiger partial charge is 0.425 e. The molecule has 0 aromatic heterocycles. The van der Waals surface area contributed by atoms with Crippen LogP contribution in [-0.2, 0) is 4.74 Å². The van der Waals surface area contributed by atoms with Gasteiger partial charge >= 0.3 is 13.4 Å². The number of ether oxygens (including phenoxy) is 1. The zero-order valence-electron chi connectivity index (χ0n) is 9.57. The number of rotatable bonds is 4. The van der Waals surface area contributed by atoms with Crippen molar-refractivity contribution in [1.29, 1.82) is 0 Å². The Morgan fingerprint density at radius 2 is 2.17 bits per heavy atom. The highest BCUT2D eigenvalue weighted by Gasteiger charge is 2.32. The summed E-state index contributed by atoms with van der Waals surface area (Å²) in [4.78, 5) is 10.3. The van der Waals surface area contributed by atoms with Gasteiger partial charge in [-0.25, -0.2) is 0 Å². The molecule has 0 spiro atoms. The molecule has 4 nitrogen and oxygen atoms in total. The summed E-state index contributed by atoms with van der Waals surface area (Å²) in [6, 6.07) is 0. The third-order valence-corrected chi connectivity index (χ3v) is 2.42. The van der Waals surface area contributed by atoms with Gasteiger partial charge in [0.15, 0.2) is 0 Å². The maximum absolute atomic E-state index is 12.0. The molecule has 1 N–H and O–H groups in total. The van der Waals surface area contributed by atoms with Gasteiger partial charge in [0.25, 0.3) is 0 Å². The first-order valence-corrected chi connectivity index (χ1v) is 5.23. The normalized spacial score (nSPS) is 16.2. The maximum Gasteiger partial charge on any atom is 0.573 e. The highest BCUT2D eigenvalue weighted by Crippen LogP contribution is 2.27. The van der Waals surface area contributed by atoms with Gasteiger partial charge in [-0.05, 0) is 30.5 Å². The number of nitrogens with zero attached hydrogens (tertiary/aromatic N) is 1. The molecule has 0 saturated heterocycles. The monoisotopic (exact) mass is 261 g/mol.